The summed E-state index contributed by atoms with van der Waals surface area (Å²) in [7, 11) is 0. The van der Waals surface area contributed by atoms with Crippen molar-refractivity contribution in [3.05, 3.63) is 68.6 Å². The molecule has 8 heteroatoms. The highest BCUT2D eigenvalue weighted by molar-refractivity contribution is 9.10. The van der Waals surface area contributed by atoms with E-state index in [1.54, 1.807) is 91.8 Å². The van der Waals surface area contributed by atoms with Gasteiger partial charge in [-0.15, -0.1) is 0 Å². The number of ether oxygens (including phenoxy) is 2. The molecule has 188 valence electrons. The van der Waals surface area contributed by atoms with E-state index in [2.05, 4.69) is 31.9 Å². The second-order valence-electron chi connectivity index (χ2n) is 9.88. The second-order valence-corrected chi connectivity index (χ2v) is 11.6. The number of carbonyl (C=O) groups is 2. The maximum Gasteiger partial charge on any atom is 0.339 e. The van der Waals surface area contributed by atoms with E-state index in [-0.39, 0.29) is 0 Å². The Bertz CT molecular complexity index is 919. The zero-order chi connectivity index (χ0) is 26.5. The quantitative estimate of drug-likeness (QED) is 0.377. The predicted molar refractivity (Wildman–Crippen MR) is 140 cm³/mol. The van der Waals surface area contributed by atoms with E-state index >= 15 is 0 Å². The van der Waals surface area contributed by atoms with E-state index in [0.29, 0.717) is 20.1 Å². The Morgan fingerprint density at radius 1 is 0.618 bits per heavy atom. The summed E-state index contributed by atoms with van der Waals surface area (Å²) in [6.45, 7) is 13.2. The first kappa shape index (κ1) is 30.3. The molecule has 2 N–H and O–H groups in total. The number of carbonyl (C=O) groups excluding carboxylic acids is 2. The maximum absolute atomic E-state index is 12.5. The highest BCUT2D eigenvalue weighted by Crippen LogP contribution is 2.32. The molecule has 0 radical (unpaired) electrons. The summed E-state index contributed by atoms with van der Waals surface area (Å²) in [4.78, 5) is 25.1. The molecule has 2 aromatic carbocycles. The Labute approximate surface area is 218 Å². The van der Waals surface area contributed by atoms with Gasteiger partial charge in [0.15, 0.2) is 0 Å². The van der Waals surface area contributed by atoms with E-state index in [4.69, 9.17) is 19.7 Å². The third kappa shape index (κ3) is 8.18. The zero-order valence-electron chi connectivity index (χ0n) is 20.9. The summed E-state index contributed by atoms with van der Waals surface area (Å²) >= 11 is 6.68. The van der Waals surface area contributed by atoms with Crippen LogP contribution in [-0.2, 0) is 9.47 Å². The van der Waals surface area contributed by atoms with Crippen LogP contribution in [0.3, 0.4) is 0 Å². The number of hydrogen-bond acceptors (Lipinski definition) is 6. The van der Waals surface area contributed by atoms with Gasteiger partial charge in [0, 0.05) is 8.95 Å². The van der Waals surface area contributed by atoms with E-state index in [0.717, 1.165) is 0 Å². The van der Waals surface area contributed by atoms with Crippen molar-refractivity contribution < 1.29 is 29.3 Å². The van der Waals surface area contributed by atoms with Crippen molar-refractivity contribution in [1.29, 1.82) is 0 Å². The topological polar surface area (TPSA) is 93.1 Å². The molecule has 34 heavy (non-hydrogen) atoms. The van der Waals surface area contributed by atoms with Crippen molar-refractivity contribution in [3.63, 3.8) is 0 Å². The van der Waals surface area contributed by atoms with Crippen LogP contribution < -0.4 is 0 Å². The lowest BCUT2D eigenvalue weighted by molar-refractivity contribution is -0.124. The smallest absolute Gasteiger partial charge is 0.339 e. The van der Waals surface area contributed by atoms with Crippen molar-refractivity contribution in [2.75, 3.05) is 0 Å². The van der Waals surface area contributed by atoms with Gasteiger partial charge in [0.1, 0.15) is 11.2 Å². The first-order valence-electron chi connectivity index (χ1n) is 10.7. The summed E-state index contributed by atoms with van der Waals surface area (Å²) in [5.41, 5.74) is -3.31. The van der Waals surface area contributed by atoms with Gasteiger partial charge in [-0.1, -0.05) is 24.3 Å². The minimum Gasteiger partial charge on any atom is -0.452 e. The average Bonchev–Trinajstić information content (AvgIpc) is 2.66. The number of benzene rings is 2. The fraction of sp³-hybridized carbons (Fsp3) is 0.462. The molecule has 0 aromatic heterocycles. The Morgan fingerprint density at radius 3 is 1.12 bits per heavy atom. The van der Waals surface area contributed by atoms with Crippen molar-refractivity contribution in [2.45, 2.75) is 77.8 Å². The summed E-state index contributed by atoms with van der Waals surface area (Å²) in [5.74, 6) is -0.986. The third-order valence-corrected chi connectivity index (χ3v) is 7.21. The van der Waals surface area contributed by atoms with Gasteiger partial charge >= 0.3 is 11.9 Å². The van der Waals surface area contributed by atoms with Crippen LogP contribution in [0.25, 0.3) is 0 Å². The highest BCUT2D eigenvalue weighted by atomic mass is 79.9. The Morgan fingerprint density at radius 2 is 0.882 bits per heavy atom. The molecule has 0 atom stereocenters. The maximum atomic E-state index is 12.5. The zero-order valence-corrected chi connectivity index (χ0v) is 24.1. The monoisotopic (exact) mass is 600 g/mol. The lowest BCUT2D eigenvalue weighted by Gasteiger charge is -2.40. The van der Waals surface area contributed by atoms with Crippen LogP contribution in [0.4, 0.5) is 0 Å². The lowest BCUT2D eigenvalue weighted by Crippen LogP contribution is -2.51. The fourth-order valence-corrected chi connectivity index (χ4v) is 2.97. The number of halogens is 2. The first-order chi connectivity index (χ1) is 15.3. The molecule has 0 amide bonds. The number of rotatable bonds is 6. The molecule has 0 spiro atoms. The van der Waals surface area contributed by atoms with E-state index in [9.17, 15) is 9.59 Å². The molecule has 0 heterocycles. The largest absolute Gasteiger partial charge is 0.452 e. The SMILES string of the molecule is CC(C)(O)C(C)(C)O.CC(C)(OC(=O)c1ccccc1Br)C(C)(C)OC(=O)c1ccccc1Br. The van der Waals surface area contributed by atoms with Gasteiger partial charge in [-0.2, -0.15) is 0 Å². The molecule has 0 aliphatic carbocycles. The van der Waals surface area contributed by atoms with Gasteiger partial charge in [-0.3, -0.25) is 0 Å². The second kappa shape index (κ2) is 11.3. The normalized spacial score (nSPS) is 12.4. The molecule has 0 saturated heterocycles. The summed E-state index contributed by atoms with van der Waals surface area (Å²) in [5, 5.41) is 18.2. The standard InChI is InChI=1S/C20H20Br2O4.C6H14O2/c1-19(2,25-17(23)13-9-5-7-11-15(13)21)20(3,4)26-18(24)14-10-6-8-12-16(14)22;1-5(2,7)6(3,4)8/h5-12H,1-4H3;7-8H,1-4H3. The van der Waals surface area contributed by atoms with Gasteiger partial charge in [0.2, 0.25) is 0 Å². The summed E-state index contributed by atoms with van der Waals surface area (Å²) < 4.78 is 12.6. The van der Waals surface area contributed by atoms with Crippen molar-refractivity contribution in [3.8, 4) is 0 Å². The molecular formula is C26H34Br2O6. The van der Waals surface area contributed by atoms with Crippen molar-refractivity contribution in [1.82, 2.24) is 0 Å². The van der Waals surface area contributed by atoms with Crippen LogP contribution in [0.2, 0.25) is 0 Å². The number of aliphatic hydroxyl groups is 2. The fourth-order valence-electron chi connectivity index (χ4n) is 2.07. The van der Waals surface area contributed by atoms with Crippen LogP contribution in [-0.4, -0.2) is 44.6 Å². The number of esters is 2. The molecule has 0 aliphatic rings. The average molecular weight is 602 g/mol. The molecule has 0 fully saturated rings. The Hall–Kier alpha value is -1.74. The molecule has 0 saturated carbocycles. The summed E-state index contributed by atoms with van der Waals surface area (Å²) in [6, 6.07) is 14.0. The van der Waals surface area contributed by atoms with Crippen LogP contribution in [0.1, 0.15) is 76.1 Å². The van der Waals surface area contributed by atoms with Gasteiger partial charge in [-0.25, -0.2) is 9.59 Å². The van der Waals surface area contributed by atoms with Gasteiger partial charge < -0.3 is 19.7 Å². The Kier molecular flexibility index (Phi) is 10.1. The molecule has 6 nitrogen and oxygen atoms in total. The lowest BCUT2D eigenvalue weighted by atomic mass is 9.88. The molecular weight excluding hydrogens is 568 g/mol. The highest BCUT2D eigenvalue weighted by Gasteiger charge is 2.44. The third-order valence-electron chi connectivity index (χ3n) is 5.83. The number of hydrogen-bond donors (Lipinski definition) is 2. The molecule has 0 unspecified atom stereocenters. The van der Waals surface area contributed by atoms with Crippen LogP contribution >= 0.6 is 31.9 Å². The molecule has 0 aliphatic heterocycles. The van der Waals surface area contributed by atoms with Crippen LogP contribution in [0, 0.1) is 0 Å². The van der Waals surface area contributed by atoms with Gasteiger partial charge in [-0.05, 0) is 112 Å². The van der Waals surface area contributed by atoms with Crippen LogP contribution in [0.5, 0.6) is 0 Å². The Balaban J connectivity index is 0.000000620. The minimum atomic E-state index is -1.06. The molecule has 2 rings (SSSR count). The van der Waals surface area contributed by atoms with Gasteiger partial charge in [0.05, 0.1) is 22.3 Å². The van der Waals surface area contributed by atoms with E-state index in [1.165, 1.54) is 0 Å². The van der Waals surface area contributed by atoms with Crippen LogP contribution in [0.15, 0.2) is 57.5 Å². The molecule has 2 aromatic rings. The van der Waals surface area contributed by atoms with E-state index < -0.39 is 34.3 Å². The predicted octanol–water partition coefficient (Wildman–Crippen LogP) is 6.31. The van der Waals surface area contributed by atoms with Crippen molar-refractivity contribution >= 4 is 43.8 Å². The first-order valence-corrected chi connectivity index (χ1v) is 12.3. The minimum absolute atomic E-state index is 0.411. The summed E-state index contributed by atoms with van der Waals surface area (Å²) in [6.07, 6.45) is 0. The van der Waals surface area contributed by atoms with Gasteiger partial charge in [0.25, 0.3) is 0 Å². The van der Waals surface area contributed by atoms with Crippen molar-refractivity contribution in [2.24, 2.45) is 0 Å². The molecule has 0 bridgehead atoms. The van der Waals surface area contributed by atoms with E-state index in [1.807, 2.05) is 12.1 Å².